The first-order valence-corrected chi connectivity index (χ1v) is 5.19. The van der Waals surface area contributed by atoms with E-state index in [1.807, 2.05) is 0 Å². The highest BCUT2D eigenvalue weighted by Crippen LogP contribution is 2.10. The molecule has 0 amide bonds. The van der Waals surface area contributed by atoms with Crippen LogP contribution in [0.5, 0.6) is 0 Å². The number of hydrogen-bond acceptors (Lipinski definition) is 4. The summed E-state index contributed by atoms with van der Waals surface area (Å²) in [5.74, 6) is 0. The molecule has 0 spiro atoms. The maximum Gasteiger partial charge on any atom is 0.397 e. The average Bonchev–Trinajstić information content (AvgIpc) is 2.14. The van der Waals surface area contributed by atoms with Gasteiger partial charge in [0, 0.05) is 0 Å². The Morgan fingerprint density at radius 1 is 1.21 bits per heavy atom. The van der Waals surface area contributed by atoms with Gasteiger partial charge in [0.2, 0.25) is 0 Å². The van der Waals surface area contributed by atoms with Gasteiger partial charge in [0.25, 0.3) is 0 Å². The zero-order valence-electron chi connectivity index (χ0n) is 7.25. The van der Waals surface area contributed by atoms with Gasteiger partial charge in [-0.3, -0.25) is 4.55 Å². The van der Waals surface area contributed by atoms with Gasteiger partial charge in [0.05, 0.1) is 13.2 Å². The summed E-state index contributed by atoms with van der Waals surface area (Å²) in [6.45, 7) is -0.486. The van der Waals surface area contributed by atoms with Crippen molar-refractivity contribution in [3.63, 3.8) is 0 Å². The third kappa shape index (κ3) is 3.43. The Morgan fingerprint density at radius 3 is 2.29 bits per heavy atom. The molecule has 0 saturated carbocycles. The van der Waals surface area contributed by atoms with Crippen molar-refractivity contribution >= 4 is 10.4 Å². The zero-order chi connectivity index (χ0) is 10.6. The van der Waals surface area contributed by atoms with Crippen LogP contribution < -0.4 is 0 Å². The van der Waals surface area contributed by atoms with E-state index in [1.165, 1.54) is 0 Å². The van der Waals surface area contributed by atoms with Gasteiger partial charge in [0.15, 0.2) is 0 Å². The molecule has 0 aliphatic heterocycles. The Kier molecular flexibility index (Phi) is 3.59. The smallest absolute Gasteiger partial charge is 0.392 e. The molecule has 0 radical (unpaired) electrons. The summed E-state index contributed by atoms with van der Waals surface area (Å²) in [6.07, 6.45) is 0. The molecular formula is C8H10O5S. The van der Waals surface area contributed by atoms with E-state index in [0.29, 0.717) is 11.1 Å². The minimum absolute atomic E-state index is 0.203. The maximum absolute atomic E-state index is 10.3. The highest BCUT2D eigenvalue weighted by molar-refractivity contribution is 7.80. The third-order valence-corrected chi connectivity index (χ3v) is 2.07. The lowest BCUT2D eigenvalue weighted by molar-refractivity contribution is 0.249. The lowest BCUT2D eigenvalue weighted by Gasteiger charge is -2.05. The van der Waals surface area contributed by atoms with Crippen molar-refractivity contribution in [1.29, 1.82) is 0 Å². The standard InChI is InChI=1S/C8H10O5S/c9-5-7-3-1-2-4-8(7)6-13-14(10,11)12/h1-4,9H,5-6H2,(H,10,11,12). The Bertz CT molecular complexity index is 398. The minimum atomic E-state index is -4.43. The summed E-state index contributed by atoms with van der Waals surface area (Å²) < 4.78 is 33.1. The Labute approximate surface area is 81.9 Å². The topological polar surface area (TPSA) is 83.8 Å². The van der Waals surface area contributed by atoms with Crippen LogP contribution in [0.3, 0.4) is 0 Å². The fraction of sp³-hybridized carbons (Fsp3) is 0.250. The summed E-state index contributed by atoms with van der Waals surface area (Å²) in [4.78, 5) is 0. The fourth-order valence-electron chi connectivity index (χ4n) is 0.991. The molecule has 78 valence electrons. The molecule has 0 unspecified atom stereocenters. The van der Waals surface area contributed by atoms with Gasteiger partial charge in [-0.2, -0.15) is 8.42 Å². The molecule has 0 aromatic heterocycles. The van der Waals surface area contributed by atoms with Crippen LogP contribution in [0.2, 0.25) is 0 Å². The van der Waals surface area contributed by atoms with Gasteiger partial charge in [-0.05, 0) is 11.1 Å². The highest BCUT2D eigenvalue weighted by Gasteiger charge is 2.07. The van der Waals surface area contributed by atoms with E-state index in [-0.39, 0.29) is 13.2 Å². The molecular weight excluding hydrogens is 208 g/mol. The van der Waals surface area contributed by atoms with Crippen molar-refractivity contribution < 1.29 is 22.3 Å². The summed E-state index contributed by atoms with van der Waals surface area (Å²) in [5.41, 5.74) is 1.09. The number of aliphatic hydroxyl groups excluding tert-OH is 1. The quantitative estimate of drug-likeness (QED) is 0.719. The molecule has 0 fully saturated rings. The molecule has 2 N–H and O–H groups in total. The number of rotatable bonds is 4. The predicted molar refractivity (Wildman–Crippen MR) is 48.7 cm³/mol. The molecule has 5 nitrogen and oxygen atoms in total. The van der Waals surface area contributed by atoms with Crippen LogP contribution >= 0.6 is 0 Å². The summed E-state index contributed by atoms with van der Waals surface area (Å²) in [5, 5.41) is 8.88. The molecule has 0 aliphatic carbocycles. The lowest BCUT2D eigenvalue weighted by atomic mass is 10.1. The third-order valence-electron chi connectivity index (χ3n) is 1.65. The Morgan fingerprint density at radius 2 is 1.79 bits per heavy atom. The van der Waals surface area contributed by atoms with Crippen LogP contribution in [0, 0.1) is 0 Å². The second-order valence-corrected chi connectivity index (χ2v) is 3.71. The molecule has 0 bridgehead atoms. The van der Waals surface area contributed by atoms with Crippen LogP contribution in [-0.4, -0.2) is 18.1 Å². The fourth-order valence-corrected chi connectivity index (χ4v) is 1.27. The van der Waals surface area contributed by atoms with E-state index < -0.39 is 10.4 Å². The summed E-state index contributed by atoms with van der Waals surface area (Å²) in [7, 11) is -4.43. The molecule has 0 heterocycles. The van der Waals surface area contributed by atoms with Crippen molar-refractivity contribution in [1.82, 2.24) is 0 Å². The first-order valence-electron chi connectivity index (χ1n) is 3.82. The van der Waals surface area contributed by atoms with Crippen LogP contribution in [0.4, 0.5) is 0 Å². The zero-order valence-corrected chi connectivity index (χ0v) is 8.07. The molecule has 1 aromatic rings. The van der Waals surface area contributed by atoms with Gasteiger partial charge in [0.1, 0.15) is 0 Å². The van der Waals surface area contributed by atoms with E-state index in [2.05, 4.69) is 4.18 Å². The monoisotopic (exact) mass is 218 g/mol. The van der Waals surface area contributed by atoms with Crippen molar-refractivity contribution in [3.8, 4) is 0 Å². The summed E-state index contributed by atoms with van der Waals surface area (Å²) in [6, 6.07) is 6.64. The first-order chi connectivity index (χ1) is 6.53. The van der Waals surface area contributed by atoms with E-state index in [9.17, 15) is 8.42 Å². The summed E-state index contributed by atoms with van der Waals surface area (Å²) >= 11 is 0. The molecule has 0 atom stereocenters. The van der Waals surface area contributed by atoms with Crippen molar-refractivity contribution in [2.45, 2.75) is 13.2 Å². The molecule has 14 heavy (non-hydrogen) atoms. The van der Waals surface area contributed by atoms with E-state index in [0.717, 1.165) is 0 Å². The molecule has 1 aromatic carbocycles. The van der Waals surface area contributed by atoms with Crippen molar-refractivity contribution in [2.75, 3.05) is 0 Å². The van der Waals surface area contributed by atoms with E-state index >= 15 is 0 Å². The first kappa shape index (κ1) is 11.1. The van der Waals surface area contributed by atoms with Gasteiger partial charge in [-0.1, -0.05) is 24.3 Å². The van der Waals surface area contributed by atoms with E-state index in [1.54, 1.807) is 24.3 Å². The normalized spacial score (nSPS) is 11.6. The van der Waals surface area contributed by atoms with Gasteiger partial charge < -0.3 is 5.11 Å². The molecule has 0 saturated heterocycles. The van der Waals surface area contributed by atoms with Gasteiger partial charge >= 0.3 is 10.4 Å². The van der Waals surface area contributed by atoms with Gasteiger partial charge in [-0.25, -0.2) is 4.18 Å². The second-order valence-electron chi connectivity index (χ2n) is 2.62. The predicted octanol–water partition coefficient (Wildman–Crippen LogP) is 0.498. The average molecular weight is 218 g/mol. The number of hydrogen-bond donors (Lipinski definition) is 2. The Hall–Kier alpha value is -0.950. The Balaban J connectivity index is 2.76. The minimum Gasteiger partial charge on any atom is -0.392 e. The largest absolute Gasteiger partial charge is 0.397 e. The SMILES string of the molecule is O=S(=O)(O)OCc1ccccc1CO. The van der Waals surface area contributed by atoms with Crippen LogP contribution in [0.1, 0.15) is 11.1 Å². The lowest BCUT2D eigenvalue weighted by Crippen LogP contribution is -2.05. The van der Waals surface area contributed by atoms with Crippen molar-refractivity contribution in [3.05, 3.63) is 35.4 Å². The van der Waals surface area contributed by atoms with Crippen LogP contribution in [0.15, 0.2) is 24.3 Å². The van der Waals surface area contributed by atoms with E-state index in [4.69, 9.17) is 9.66 Å². The number of benzene rings is 1. The molecule has 0 aliphatic rings. The molecule has 1 rings (SSSR count). The molecule has 6 heteroatoms. The van der Waals surface area contributed by atoms with Crippen molar-refractivity contribution in [2.24, 2.45) is 0 Å². The van der Waals surface area contributed by atoms with Gasteiger partial charge in [-0.15, -0.1) is 0 Å². The van der Waals surface area contributed by atoms with Crippen LogP contribution in [0.25, 0.3) is 0 Å². The number of aliphatic hydroxyl groups is 1. The second kappa shape index (κ2) is 4.52. The highest BCUT2D eigenvalue weighted by atomic mass is 32.3. The maximum atomic E-state index is 10.3. The van der Waals surface area contributed by atoms with Crippen LogP contribution in [-0.2, 0) is 27.8 Å².